The minimum Gasteiger partial charge on any atom is -0.332 e. The first-order chi connectivity index (χ1) is 7.29. The molecule has 1 atom stereocenters. The molecule has 2 heterocycles. The molecule has 0 saturated carbocycles. The summed E-state index contributed by atoms with van der Waals surface area (Å²) >= 11 is 0. The Balaban J connectivity index is 2.13. The minimum absolute atomic E-state index is 0.0305. The lowest BCUT2D eigenvalue weighted by molar-refractivity contribution is 0.0649. The molecule has 2 rings (SSSR count). The van der Waals surface area contributed by atoms with Crippen molar-refractivity contribution >= 4 is 5.91 Å². The van der Waals surface area contributed by atoms with Crippen molar-refractivity contribution in [2.45, 2.75) is 13.0 Å². The predicted molar refractivity (Wildman–Crippen MR) is 55.4 cm³/mol. The Hall–Kier alpha value is -1.49. The average molecular weight is 206 g/mol. The molecular formula is C10H14N4O. The summed E-state index contributed by atoms with van der Waals surface area (Å²) in [7, 11) is 0. The monoisotopic (exact) mass is 206 g/mol. The quantitative estimate of drug-likeness (QED) is 0.697. The van der Waals surface area contributed by atoms with E-state index in [2.05, 4.69) is 15.3 Å². The van der Waals surface area contributed by atoms with Crippen LogP contribution in [0, 0.1) is 0 Å². The summed E-state index contributed by atoms with van der Waals surface area (Å²) in [5.74, 6) is -0.0305. The lowest BCUT2D eigenvalue weighted by Gasteiger charge is -2.33. The zero-order chi connectivity index (χ0) is 10.7. The second-order valence-corrected chi connectivity index (χ2v) is 3.64. The van der Waals surface area contributed by atoms with Crippen molar-refractivity contribution in [3.8, 4) is 0 Å². The zero-order valence-corrected chi connectivity index (χ0v) is 8.68. The second kappa shape index (κ2) is 4.35. The fourth-order valence-corrected chi connectivity index (χ4v) is 1.70. The van der Waals surface area contributed by atoms with Gasteiger partial charge in [-0.3, -0.25) is 9.78 Å². The largest absolute Gasteiger partial charge is 0.332 e. The highest BCUT2D eigenvalue weighted by molar-refractivity contribution is 5.92. The molecule has 1 aromatic heterocycles. The number of rotatable bonds is 1. The SMILES string of the molecule is C[C@@H]1CNCCN1C(=O)c1cnccn1. The average Bonchev–Trinajstić information content (AvgIpc) is 2.30. The molecule has 1 fully saturated rings. The van der Waals surface area contributed by atoms with Crippen LogP contribution < -0.4 is 5.32 Å². The highest BCUT2D eigenvalue weighted by atomic mass is 16.2. The fourth-order valence-electron chi connectivity index (χ4n) is 1.70. The fraction of sp³-hybridized carbons (Fsp3) is 0.500. The van der Waals surface area contributed by atoms with E-state index in [9.17, 15) is 4.79 Å². The van der Waals surface area contributed by atoms with Crippen LogP contribution in [0.15, 0.2) is 18.6 Å². The maximum absolute atomic E-state index is 12.0. The molecule has 1 amide bonds. The minimum atomic E-state index is -0.0305. The molecule has 0 spiro atoms. The molecule has 5 nitrogen and oxygen atoms in total. The van der Waals surface area contributed by atoms with Crippen LogP contribution >= 0.6 is 0 Å². The Morgan fingerprint density at radius 3 is 3.13 bits per heavy atom. The smallest absolute Gasteiger partial charge is 0.274 e. The standard InChI is InChI=1S/C10H14N4O/c1-8-6-12-4-5-14(8)10(15)9-7-11-2-3-13-9/h2-3,7-8,12H,4-6H2,1H3/t8-/m1/s1. The van der Waals surface area contributed by atoms with Crippen molar-refractivity contribution in [3.05, 3.63) is 24.3 Å². The molecule has 0 unspecified atom stereocenters. The van der Waals surface area contributed by atoms with Crippen molar-refractivity contribution in [1.82, 2.24) is 20.2 Å². The second-order valence-electron chi connectivity index (χ2n) is 3.64. The summed E-state index contributed by atoms with van der Waals surface area (Å²) in [5, 5.41) is 3.24. The van der Waals surface area contributed by atoms with E-state index in [-0.39, 0.29) is 11.9 Å². The lowest BCUT2D eigenvalue weighted by atomic mass is 10.2. The summed E-state index contributed by atoms with van der Waals surface area (Å²) in [5.41, 5.74) is 0.422. The van der Waals surface area contributed by atoms with Crippen LogP contribution in [0.25, 0.3) is 0 Å². The molecule has 1 aliphatic heterocycles. The Morgan fingerprint density at radius 1 is 1.60 bits per heavy atom. The van der Waals surface area contributed by atoms with Gasteiger partial charge in [-0.05, 0) is 6.92 Å². The Morgan fingerprint density at radius 2 is 2.47 bits per heavy atom. The van der Waals surface area contributed by atoms with Crippen LogP contribution in [0.5, 0.6) is 0 Å². The number of carbonyl (C=O) groups is 1. The summed E-state index contributed by atoms with van der Waals surface area (Å²) in [6.45, 7) is 4.44. The van der Waals surface area contributed by atoms with Crippen molar-refractivity contribution in [2.24, 2.45) is 0 Å². The molecule has 0 bridgehead atoms. The van der Waals surface area contributed by atoms with Gasteiger partial charge in [0.1, 0.15) is 5.69 Å². The number of amides is 1. The molecule has 80 valence electrons. The first-order valence-corrected chi connectivity index (χ1v) is 5.07. The third kappa shape index (κ3) is 2.12. The molecule has 5 heteroatoms. The van der Waals surface area contributed by atoms with Crippen LogP contribution in [0.4, 0.5) is 0 Å². The number of hydrogen-bond donors (Lipinski definition) is 1. The number of nitrogens with zero attached hydrogens (tertiary/aromatic N) is 3. The highest BCUT2D eigenvalue weighted by Gasteiger charge is 2.24. The van der Waals surface area contributed by atoms with Crippen molar-refractivity contribution in [3.63, 3.8) is 0 Å². The number of carbonyl (C=O) groups excluding carboxylic acids is 1. The van der Waals surface area contributed by atoms with Crippen LogP contribution in [0.1, 0.15) is 17.4 Å². The summed E-state index contributed by atoms with van der Waals surface area (Å²) < 4.78 is 0. The molecule has 0 aliphatic carbocycles. The van der Waals surface area contributed by atoms with Gasteiger partial charge in [-0.1, -0.05) is 0 Å². The van der Waals surface area contributed by atoms with E-state index in [1.54, 1.807) is 12.4 Å². The topological polar surface area (TPSA) is 58.1 Å². The van der Waals surface area contributed by atoms with Crippen LogP contribution in [-0.4, -0.2) is 46.5 Å². The lowest BCUT2D eigenvalue weighted by Crippen LogP contribution is -2.52. The summed E-state index contributed by atoms with van der Waals surface area (Å²) in [4.78, 5) is 21.8. The van der Waals surface area contributed by atoms with E-state index >= 15 is 0 Å². The third-order valence-corrected chi connectivity index (χ3v) is 2.54. The Bertz CT molecular complexity index is 341. The Kier molecular flexibility index (Phi) is 2.91. The van der Waals surface area contributed by atoms with E-state index in [4.69, 9.17) is 0 Å². The number of piperazine rings is 1. The van der Waals surface area contributed by atoms with Crippen molar-refractivity contribution < 1.29 is 4.79 Å². The van der Waals surface area contributed by atoms with Gasteiger partial charge >= 0.3 is 0 Å². The number of hydrogen-bond acceptors (Lipinski definition) is 4. The molecule has 1 saturated heterocycles. The van der Waals surface area contributed by atoms with Gasteiger partial charge in [0.05, 0.1) is 6.20 Å². The third-order valence-electron chi connectivity index (χ3n) is 2.54. The van der Waals surface area contributed by atoms with Gasteiger partial charge in [-0.2, -0.15) is 0 Å². The van der Waals surface area contributed by atoms with E-state index in [1.165, 1.54) is 6.20 Å². The van der Waals surface area contributed by atoms with Crippen LogP contribution in [0.3, 0.4) is 0 Å². The molecule has 0 radical (unpaired) electrons. The van der Waals surface area contributed by atoms with E-state index in [1.807, 2.05) is 11.8 Å². The van der Waals surface area contributed by atoms with Gasteiger partial charge in [-0.25, -0.2) is 4.98 Å². The molecule has 1 aromatic rings. The van der Waals surface area contributed by atoms with Crippen molar-refractivity contribution in [1.29, 1.82) is 0 Å². The molecular weight excluding hydrogens is 192 g/mol. The maximum atomic E-state index is 12.0. The molecule has 0 aromatic carbocycles. The first-order valence-electron chi connectivity index (χ1n) is 5.07. The van der Waals surface area contributed by atoms with Gasteiger partial charge in [0.25, 0.3) is 5.91 Å². The van der Waals surface area contributed by atoms with Crippen LogP contribution in [0.2, 0.25) is 0 Å². The van der Waals surface area contributed by atoms with E-state index in [0.717, 1.165) is 19.6 Å². The number of aromatic nitrogens is 2. The van der Waals surface area contributed by atoms with Crippen molar-refractivity contribution in [2.75, 3.05) is 19.6 Å². The molecule has 1 aliphatic rings. The van der Waals surface area contributed by atoms with E-state index in [0.29, 0.717) is 5.69 Å². The summed E-state index contributed by atoms with van der Waals surface area (Å²) in [6, 6.07) is 0.216. The molecule has 1 N–H and O–H groups in total. The molecule has 15 heavy (non-hydrogen) atoms. The Labute approximate surface area is 88.5 Å². The van der Waals surface area contributed by atoms with Gasteiger partial charge in [0, 0.05) is 38.1 Å². The highest BCUT2D eigenvalue weighted by Crippen LogP contribution is 2.07. The zero-order valence-electron chi connectivity index (χ0n) is 8.68. The normalized spacial score (nSPS) is 21.4. The van der Waals surface area contributed by atoms with E-state index < -0.39 is 0 Å². The summed E-state index contributed by atoms with van der Waals surface area (Å²) in [6.07, 6.45) is 4.62. The van der Waals surface area contributed by atoms with Gasteiger partial charge in [0.15, 0.2) is 0 Å². The maximum Gasteiger partial charge on any atom is 0.274 e. The predicted octanol–water partition coefficient (Wildman–Crippen LogP) is -0.0895. The number of nitrogens with one attached hydrogen (secondary N) is 1. The van der Waals surface area contributed by atoms with Gasteiger partial charge < -0.3 is 10.2 Å². The van der Waals surface area contributed by atoms with Crippen LogP contribution in [-0.2, 0) is 0 Å². The van der Waals surface area contributed by atoms with Gasteiger partial charge in [-0.15, -0.1) is 0 Å². The first kappa shape index (κ1) is 10.0. The van der Waals surface area contributed by atoms with Gasteiger partial charge in [0.2, 0.25) is 0 Å².